The summed E-state index contributed by atoms with van der Waals surface area (Å²) in [4.78, 5) is 32.9. The second-order valence-electron chi connectivity index (χ2n) is 6.78. The van der Waals surface area contributed by atoms with Crippen LogP contribution in [-0.4, -0.2) is 39.9 Å². The van der Waals surface area contributed by atoms with E-state index in [1.807, 2.05) is 36.5 Å². The Balaban J connectivity index is 1.78. The molecule has 0 fully saturated rings. The lowest BCUT2D eigenvalue weighted by atomic mass is 9.91. The maximum absolute atomic E-state index is 4.90. The number of nitrogens with one attached hydrogen (secondary N) is 2. The van der Waals surface area contributed by atoms with Crippen LogP contribution >= 0.6 is 0 Å². The minimum atomic E-state index is 0.646. The summed E-state index contributed by atoms with van der Waals surface area (Å²) in [6.45, 7) is 0. The van der Waals surface area contributed by atoms with Crippen molar-refractivity contribution >= 4 is 22.3 Å². The molecule has 0 aliphatic rings. The molecule has 30 heavy (non-hydrogen) atoms. The number of H-pyrrole nitrogens is 2. The zero-order valence-corrected chi connectivity index (χ0v) is 15.6. The van der Waals surface area contributed by atoms with Crippen molar-refractivity contribution in [1.29, 1.82) is 0 Å². The maximum atomic E-state index is 4.90. The van der Waals surface area contributed by atoms with Crippen LogP contribution in [0.1, 0.15) is 0 Å². The second-order valence-corrected chi connectivity index (χ2v) is 6.78. The molecule has 8 nitrogen and oxygen atoms in total. The average Bonchev–Trinajstić information content (AvgIpc) is 3.47. The van der Waals surface area contributed by atoms with Crippen molar-refractivity contribution in [3.05, 3.63) is 74.0 Å². The van der Waals surface area contributed by atoms with Gasteiger partial charge in [-0.3, -0.25) is 9.97 Å². The van der Waals surface area contributed by atoms with Crippen LogP contribution in [0.25, 0.3) is 55.8 Å². The maximum Gasteiger partial charge on any atom is 0.178 e. The molecule has 0 aliphatic heterocycles. The number of pyridine rings is 4. The lowest BCUT2D eigenvalue weighted by Crippen LogP contribution is -1.97. The number of hydrogen-bond acceptors (Lipinski definition) is 6. The van der Waals surface area contributed by atoms with E-state index in [9.17, 15) is 0 Å². The summed E-state index contributed by atoms with van der Waals surface area (Å²) in [7, 11) is 0. The third kappa shape index (κ3) is 2.55. The van der Waals surface area contributed by atoms with Gasteiger partial charge in [0.15, 0.2) is 11.3 Å². The minimum absolute atomic E-state index is 0.646. The van der Waals surface area contributed by atoms with Gasteiger partial charge in [0.1, 0.15) is 0 Å². The molecule has 6 heterocycles. The fourth-order valence-corrected chi connectivity index (χ4v) is 3.73. The summed E-state index contributed by atoms with van der Waals surface area (Å²) in [6, 6.07) is 9.91. The van der Waals surface area contributed by atoms with E-state index in [1.54, 1.807) is 37.4 Å². The highest BCUT2D eigenvalue weighted by Crippen LogP contribution is 2.42. The number of rotatable bonds is 3. The van der Waals surface area contributed by atoms with E-state index in [2.05, 4.69) is 34.9 Å². The molecule has 8 heteroatoms. The Morgan fingerprint density at radius 1 is 0.633 bits per heavy atom. The first-order chi connectivity index (χ1) is 14.9. The molecule has 0 aliphatic carbocycles. The average molecular weight is 390 g/mol. The summed E-state index contributed by atoms with van der Waals surface area (Å²) < 4.78 is 0. The van der Waals surface area contributed by atoms with Crippen LogP contribution < -0.4 is 0 Å². The van der Waals surface area contributed by atoms with Crippen LogP contribution in [0.4, 0.5) is 0 Å². The van der Waals surface area contributed by atoms with Gasteiger partial charge in [-0.25, -0.2) is 19.9 Å². The predicted molar refractivity (Wildman–Crippen MR) is 113 cm³/mol. The molecule has 6 rings (SSSR count). The quantitative estimate of drug-likeness (QED) is 0.472. The van der Waals surface area contributed by atoms with E-state index in [-0.39, 0.29) is 0 Å². The Morgan fingerprint density at radius 3 is 2.13 bits per heavy atom. The third-order valence-corrected chi connectivity index (χ3v) is 5.06. The summed E-state index contributed by atoms with van der Waals surface area (Å²) in [5.74, 6) is 0. The summed E-state index contributed by atoms with van der Waals surface area (Å²) >= 11 is 0. The van der Waals surface area contributed by atoms with E-state index in [0.717, 1.165) is 44.5 Å². The van der Waals surface area contributed by atoms with Crippen molar-refractivity contribution in [2.45, 2.75) is 0 Å². The van der Waals surface area contributed by atoms with Gasteiger partial charge in [-0.05, 0) is 35.9 Å². The van der Waals surface area contributed by atoms with Gasteiger partial charge in [0.05, 0.1) is 29.4 Å². The first-order valence-corrected chi connectivity index (χ1v) is 9.36. The molecule has 0 atom stereocenters. The van der Waals surface area contributed by atoms with Crippen molar-refractivity contribution < 1.29 is 0 Å². The Morgan fingerprint density at radius 2 is 1.33 bits per heavy atom. The smallest absolute Gasteiger partial charge is 0.178 e. The molecule has 2 N–H and O–H groups in total. The molecule has 6 aromatic heterocycles. The highest BCUT2D eigenvalue weighted by molar-refractivity contribution is 6.05. The number of aromatic nitrogens is 8. The van der Waals surface area contributed by atoms with Crippen molar-refractivity contribution in [3.63, 3.8) is 0 Å². The minimum Gasteiger partial charge on any atom is -0.343 e. The fraction of sp³-hybridized carbons (Fsp3) is 0. The molecule has 142 valence electrons. The normalized spacial score (nSPS) is 11.3. The summed E-state index contributed by atoms with van der Waals surface area (Å²) in [5, 5.41) is 0. The topological polar surface area (TPSA) is 109 Å². The molecule has 0 aromatic carbocycles. The van der Waals surface area contributed by atoms with Gasteiger partial charge in [-0.2, -0.15) is 0 Å². The van der Waals surface area contributed by atoms with Crippen LogP contribution in [0, 0.1) is 0 Å². The van der Waals surface area contributed by atoms with Gasteiger partial charge in [0.25, 0.3) is 0 Å². The molecular weight excluding hydrogens is 376 g/mol. The molecule has 0 spiro atoms. The number of fused-ring (bicyclic) bond motifs is 2. The first-order valence-electron chi connectivity index (χ1n) is 9.36. The van der Waals surface area contributed by atoms with Crippen molar-refractivity contribution in [1.82, 2.24) is 39.9 Å². The molecular formula is C22H14N8. The van der Waals surface area contributed by atoms with Gasteiger partial charge < -0.3 is 9.97 Å². The van der Waals surface area contributed by atoms with Crippen molar-refractivity contribution in [2.75, 3.05) is 0 Å². The van der Waals surface area contributed by atoms with Crippen LogP contribution in [0.5, 0.6) is 0 Å². The van der Waals surface area contributed by atoms with Crippen LogP contribution in [0.2, 0.25) is 0 Å². The Hall–Kier alpha value is -4.46. The molecule has 0 bridgehead atoms. The molecule has 0 saturated carbocycles. The summed E-state index contributed by atoms with van der Waals surface area (Å²) in [5.41, 5.74) is 8.68. The van der Waals surface area contributed by atoms with Gasteiger partial charge in [-0.1, -0.05) is 0 Å². The Kier molecular flexibility index (Phi) is 3.60. The SMILES string of the molecule is c1cc(-c2nc3nc[nH]c3c(-c3ccncc3)c2-c2cnc3nc[nH]c3c2)ccn1. The Bertz CT molecular complexity index is 1490. The largest absolute Gasteiger partial charge is 0.343 e. The molecule has 0 radical (unpaired) electrons. The van der Waals surface area contributed by atoms with Gasteiger partial charge >= 0.3 is 0 Å². The zero-order chi connectivity index (χ0) is 19.9. The molecule has 6 aromatic rings. The highest BCUT2D eigenvalue weighted by atomic mass is 15.0. The fourth-order valence-electron chi connectivity index (χ4n) is 3.73. The third-order valence-electron chi connectivity index (χ3n) is 5.06. The van der Waals surface area contributed by atoms with E-state index in [0.29, 0.717) is 11.3 Å². The van der Waals surface area contributed by atoms with Crippen LogP contribution in [0.15, 0.2) is 74.0 Å². The van der Waals surface area contributed by atoms with Gasteiger partial charge in [0, 0.05) is 53.2 Å². The lowest BCUT2D eigenvalue weighted by molar-refractivity contribution is 1.28. The van der Waals surface area contributed by atoms with Crippen molar-refractivity contribution in [3.8, 4) is 33.5 Å². The molecule has 0 saturated heterocycles. The van der Waals surface area contributed by atoms with Crippen LogP contribution in [-0.2, 0) is 0 Å². The lowest BCUT2D eigenvalue weighted by Gasteiger charge is -2.16. The number of aromatic amines is 2. The second kappa shape index (κ2) is 6.56. The van der Waals surface area contributed by atoms with E-state index in [1.165, 1.54) is 0 Å². The predicted octanol–water partition coefficient (Wildman–Crippen LogP) is 4.02. The Labute approximate surface area is 170 Å². The molecule has 0 unspecified atom stereocenters. The first kappa shape index (κ1) is 16.5. The monoisotopic (exact) mass is 390 g/mol. The number of nitrogens with zero attached hydrogens (tertiary/aromatic N) is 6. The van der Waals surface area contributed by atoms with Gasteiger partial charge in [-0.15, -0.1) is 0 Å². The summed E-state index contributed by atoms with van der Waals surface area (Å²) in [6.07, 6.45) is 12.2. The van der Waals surface area contributed by atoms with E-state index in [4.69, 9.17) is 4.98 Å². The number of imidazole rings is 2. The van der Waals surface area contributed by atoms with E-state index >= 15 is 0 Å². The van der Waals surface area contributed by atoms with Crippen LogP contribution in [0.3, 0.4) is 0 Å². The number of hydrogen-bond donors (Lipinski definition) is 2. The molecule has 0 amide bonds. The zero-order valence-electron chi connectivity index (χ0n) is 15.6. The highest BCUT2D eigenvalue weighted by Gasteiger charge is 2.21. The standard InChI is InChI=1S/C22H14N8/c1-5-23-6-2-13(1)17-18(15-9-16-21(25-10-15)28-11-26-16)19(14-3-7-24-8-4-14)30-22-20(17)27-12-29-22/h1-12H,(H,25,26,28)(H,27,29,30). The van der Waals surface area contributed by atoms with E-state index < -0.39 is 0 Å². The van der Waals surface area contributed by atoms with Gasteiger partial charge in [0.2, 0.25) is 0 Å². The van der Waals surface area contributed by atoms with Crippen molar-refractivity contribution in [2.24, 2.45) is 0 Å².